The molecule has 9 nitrogen and oxygen atoms in total. The lowest BCUT2D eigenvalue weighted by Gasteiger charge is -2.17. The summed E-state index contributed by atoms with van der Waals surface area (Å²) >= 11 is 0. The van der Waals surface area contributed by atoms with Crippen molar-refractivity contribution < 1.29 is 19.1 Å². The van der Waals surface area contributed by atoms with Crippen LogP contribution in [0, 0.1) is 10.1 Å². The topological polar surface area (TPSA) is 102 Å². The van der Waals surface area contributed by atoms with E-state index in [4.69, 9.17) is 14.2 Å². The van der Waals surface area contributed by atoms with Crippen molar-refractivity contribution in [3.63, 3.8) is 0 Å². The molecule has 0 fully saturated rings. The van der Waals surface area contributed by atoms with Gasteiger partial charge in [0.05, 0.1) is 43.0 Å². The Morgan fingerprint density at radius 2 is 1.53 bits per heavy atom. The molecule has 3 aromatic rings. The first kappa shape index (κ1) is 21.3. The smallest absolute Gasteiger partial charge is 0.269 e. The van der Waals surface area contributed by atoms with E-state index in [9.17, 15) is 10.1 Å². The third-order valence-corrected chi connectivity index (χ3v) is 6.38. The van der Waals surface area contributed by atoms with Crippen LogP contribution in [0.3, 0.4) is 0 Å². The second kappa shape index (κ2) is 8.15. The lowest BCUT2D eigenvalue weighted by Crippen LogP contribution is -2.40. The van der Waals surface area contributed by atoms with Gasteiger partial charge in [0.25, 0.3) is 5.69 Å². The fourth-order valence-corrected chi connectivity index (χ4v) is 4.46. The zero-order chi connectivity index (χ0) is 22.1. The number of rotatable bonds is 7. The molecule has 3 rings (SSSR count). The van der Waals surface area contributed by atoms with Crippen LogP contribution in [0.15, 0.2) is 36.4 Å². The van der Waals surface area contributed by atoms with Crippen LogP contribution in [0.1, 0.15) is 0 Å². The minimum Gasteiger partial charge on any atom is -0.493 e. The number of nitrogens with zero attached hydrogens (tertiary/aromatic N) is 4. The predicted octanol–water partition coefficient (Wildman–Crippen LogP) is 3.41. The van der Waals surface area contributed by atoms with E-state index in [0.717, 1.165) is 16.6 Å². The molecule has 0 aliphatic carbocycles. The minimum absolute atomic E-state index is 0.0279. The van der Waals surface area contributed by atoms with Crippen molar-refractivity contribution in [3.8, 4) is 34.2 Å². The average molecular weight is 429 g/mol. The molecule has 0 atom stereocenters. The van der Waals surface area contributed by atoms with Crippen LogP contribution in [-0.4, -0.2) is 49.3 Å². The van der Waals surface area contributed by atoms with Crippen LogP contribution in [0.2, 0.25) is 19.6 Å². The van der Waals surface area contributed by atoms with Crippen LogP contribution in [0.25, 0.3) is 16.9 Å². The molecule has 10 heteroatoms. The summed E-state index contributed by atoms with van der Waals surface area (Å²) in [5.41, 5.74) is 2.28. The number of aromatic nitrogens is 3. The molecule has 0 aliphatic heterocycles. The zero-order valence-corrected chi connectivity index (χ0v) is 18.8. The number of non-ortho nitro benzene ring substituents is 1. The summed E-state index contributed by atoms with van der Waals surface area (Å²) in [6.45, 7) is 6.52. The van der Waals surface area contributed by atoms with Crippen LogP contribution in [-0.2, 0) is 0 Å². The normalized spacial score (nSPS) is 11.3. The molecule has 0 bridgehead atoms. The molecule has 2 aromatic carbocycles. The molecule has 0 N–H and O–H groups in total. The van der Waals surface area contributed by atoms with Gasteiger partial charge in [0.1, 0.15) is 8.07 Å². The molecule has 0 saturated carbocycles. The third kappa shape index (κ3) is 3.86. The largest absolute Gasteiger partial charge is 0.493 e. The number of nitro benzene ring substituents is 1. The first-order chi connectivity index (χ1) is 14.2. The first-order valence-electron chi connectivity index (χ1n) is 9.22. The number of ether oxygens (including phenoxy) is 3. The molecule has 1 heterocycles. The Hall–Kier alpha value is -3.40. The van der Waals surface area contributed by atoms with E-state index in [2.05, 4.69) is 30.0 Å². The van der Waals surface area contributed by atoms with Gasteiger partial charge in [-0.1, -0.05) is 24.9 Å². The van der Waals surface area contributed by atoms with Gasteiger partial charge in [-0.05, 0) is 12.1 Å². The Bertz CT molecular complexity index is 1050. The molecule has 30 heavy (non-hydrogen) atoms. The maximum absolute atomic E-state index is 11.1. The van der Waals surface area contributed by atoms with E-state index in [1.807, 2.05) is 0 Å². The number of methoxy groups -OCH3 is 3. The number of hydrogen-bond donors (Lipinski definition) is 0. The average Bonchev–Trinajstić information content (AvgIpc) is 3.18. The van der Waals surface area contributed by atoms with Crippen molar-refractivity contribution in [2.75, 3.05) is 21.3 Å². The highest BCUT2D eigenvalue weighted by Gasteiger charge is 2.29. The Morgan fingerprint density at radius 3 is 1.97 bits per heavy atom. The maximum Gasteiger partial charge on any atom is 0.269 e. The maximum atomic E-state index is 11.1. The lowest BCUT2D eigenvalue weighted by atomic mass is 10.1. The molecule has 0 saturated heterocycles. The second-order valence-corrected chi connectivity index (χ2v) is 12.6. The van der Waals surface area contributed by atoms with Crippen molar-refractivity contribution in [2.24, 2.45) is 0 Å². The molecule has 0 spiro atoms. The quantitative estimate of drug-likeness (QED) is 0.323. The van der Waals surface area contributed by atoms with Crippen LogP contribution in [0.5, 0.6) is 17.2 Å². The Kier molecular flexibility index (Phi) is 5.79. The third-order valence-electron chi connectivity index (χ3n) is 4.63. The summed E-state index contributed by atoms with van der Waals surface area (Å²) in [5.74, 6) is 1.46. The van der Waals surface area contributed by atoms with Crippen molar-refractivity contribution in [1.82, 2.24) is 15.0 Å². The van der Waals surface area contributed by atoms with Crippen molar-refractivity contribution in [2.45, 2.75) is 19.6 Å². The van der Waals surface area contributed by atoms with Gasteiger partial charge in [0.15, 0.2) is 11.5 Å². The van der Waals surface area contributed by atoms with Gasteiger partial charge >= 0.3 is 0 Å². The van der Waals surface area contributed by atoms with E-state index >= 15 is 0 Å². The summed E-state index contributed by atoms with van der Waals surface area (Å²) in [7, 11) is 2.76. The van der Waals surface area contributed by atoms with Gasteiger partial charge in [-0.3, -0.25) is 10.1 Å². The minimum atomic E-state index is -1.89. The molecule has 0 amide bonds. The van der Waals surface area contributed by atoms with E-state index in [0.29, 0.717) is 22.9 Å². The monoisotopic (exact) mass is 428 g/mol. The highest BCUT2D eigenvalue weighted by atomic mass is 28.3. The fourth-order valence-electron chi connectivity index (χ4n) is 3.16. The number of nitro groups is 1. The summed E-state index contributed by atoms with van der Waals surface area (Å²) in [4.78, 5) is 10.6. The molecule has 1 aromatic heterocycles. The van der Waals surface area contributed by atoms with E-state index in [-0.39, 0.29) is 5.69 Å². The summed E-state index contributed by atoms with van der Waals surface area (Å²) in [6.07, 6.45) is 0. The van der Waals surface area contributed by atoms with Gasteiger partial charge in [-0.15, -0.1) is 5.10 Å². The Balaban J connectivity index is 2.27. The first-order valence-corrected chi connectivity index (χ1v) is 12.7. The van der Waals surface area contributed by atoms with Crippen LogP contribution in [0.4, 0.5) is 5.69 Å². The van der Waals surface area contributed by atoms with Gasteiger partial charge in [0.2, 0.25) is 5.75 Å². The molecule has 0 unspecified atom stereocenters. The van der Waals surface area contributed by atoms with E-state index in [1.54, 1.807) is 50.3 Å². The van der Waals surface area contributed by atoms with Crippen LogP contribution < -0.4 is 19.5 Å². The molecule has 0 aliphatic rings. The summed E-state index contributed by atoms with van der Waals surface area (Å²) in [5, 5.41) is 20.8. The molecular weight excluding hydrogens is 404 g/mol. The van der Waals surface area contributed by atoms with Gasteiger partial charge < -0.3 is 14.2 Å². The highest BCUT2D eigenvalue weighted by Crippen LogP contribution is 2.40. The van der Waals surface area contributed by atoms with Crippen molar-refractivity contribution in [1.29, 1.82) is 0 Å². The second-order valence-electron chi connectivity index (χ2n) is 7.64. The van der Waals surface area contributed by atoms with Crippen molar-refractivity contribution >= 4 is 19.1 Å². The lowest BCUT2D eigenvalue weighted by molar-refractivity contribution is -0.384. The number of hydrogen-bond acceptors (Lipinski definition) is 7. The van der Waals surface area contributed by atoms with Gasteiger partial charge in [-0.2, -0.15) is 0 Å². The number of benzene rings is 2. The Morgan fingerprint density at radius 1 is 0.967 bits per heavy atom. The highest BCUT2D eigenvalue weighted by molar-refractivity contribution is 6.89. The van der Waals surface area contributed by atoms with Gasteiger partial charge in [0, 0.05) is 29.8 Å². The molecule has 0 radical (unpaired) electrons. The Labute approximate surface area is 175 Å². The summed E-state index contributed by atoms with van der Waals surface area (Å²) < 4.78 is 18.1. The van der Waals surface area contributed by atoms with E-state index < -0.39 is 13.0 Å². The standard InChI is InChI=1S/C20H24N4O5Si/c1-27-16-11-15(12-17(28-2)19(16)29-3)23-18(20(21-22-23)30(4,5)6)13-7-9-14(10-8-13)24(25)26/h7-12H,1-6H3. The van der Waals surface area contributed by atoms with Crippen molar-refractivity contribution in [3.05, 3.63) is 46.5 Å². The predicted molar refractivity (Wildman–Crippen MR) is 116 cm³/mol. The fraction of sp³-hybridized carbons (Fsp3) is 0.300. The SMILES string of the molecule is COc1cc(-n2nnc([Si](C)(C)C)c2-c2ccc([N+](=O)[O-])cc2)cc(OC)c1OC. The van der Waals surface area contributed by atoms with Gasteiger partial charge in [-0.25, -0.2) is 4.68 Å². The van der Waals surface area contributed by atoms with E-state index in [1.165, 1.54) is 12.1 Å². The summed E-state index contributed by atoms with van der Waals surface area (Å²) in [6, 6.07) is 9.98. The molecule has 158 valence electrons. The molecular formula is C20H24N4O5Si. The van der Waals surface area contributed by atoms with Crippen LogP contribution >= 0.6 is 0 Å². The zero-order valence-electron chi connectivity index (χ0n) is 17.8.